The van der Waals surface area contributed by atoms with Crippen molar-refractivity contribution in [2.24, 2.45) is 5.73 Å². The highest BCUT2D eigenvalue weighted by Crippen LogP contribution is 2.28. The largest absolute Gasteiger partial charge is 0.328 e. The first kappa shape index (κ1) is 9.89. The summed E-state index contributed by atoms with van der Waals surface area (Å²) in [5, 5.41) is 0. The number of rotatable bonds is 3. The average molecular weight is 272 g/mol. The molecule has 0 aliphatic heterocycles. The van der Waals surface area contributed by atoms with Crippen molar-refractivity contribution in [3.8, 4) is 0 Å². The fourth-order valence-electron chi connectivity index (χ4n) is 1.35. The first-order valence-corrected chi connectivity index (χ1v) is 5.85. The van der Waals surface area contributed by atoms with Crippen LogP contribution in [0.4, 0.5) is 0 Å². The van der Waals surface area contributed by atoms with E-state index in [9.17, 15) is 0 Å². The van der Waals surface area contributed by atoms with Crippen molar-refractivity contribution >= 4 is 27.3 Å². The lowest BCUT2D eigenvalue weighted by Gasteiger charge is -2.13. The highest BCUT2D eigenvalue weighted by Gasteiger charge is 2.12. The minimum Gasteiger partial charge on any atom is -0.328 e. The van der Waals surface area contributed by atoms with Crippen LogP contribution in [-0.4, -0.2) is 16.1 Å². The van der Waals surface area contributed by atoms with Crippen LogP contribution in [-0.2, 0) is 0 Å². The monoisotopic (exact) mass is 271 g/mol. The van der Waals surface area contributed by atoms with Crippen molar-refractivity contribution in [1.29, 1.82) is 0 Å². The van der Waals surface area contributed by atoms with Crippen LogP contribution in [0.25, 0.3) is 0 Å². The Kier molecular flexibility index (Phi) is 3.00. The van der Waals surface area contributed by atoms with Crippen molar-refractivity contribution in [2.45, 2.75) is 6.04 Å². The minimum atomic E-state index is 0.203. The maximum Gasteiger partial charge on any atom is 0.0952 e. The molecule has 0 saturated heterocycles. The molecule has 0 aromatic carbocycles. The van der Waals surface area contributed by atoms with Gasteiger partial charge >= 0.3 is 0 Å². The first-order chi connectivity index (χ1) is 6.81. The Morgan fingerprint density at radius 1 is 1.57 bits per heavy atom. The summed E-state index contributed by atoms with van der Waals surface area (Å²) in [4.78, 5) is 5.27. The van der Waals surface area contributed by atoms with Gasteiger partial charge in [-0.2, -0.15) is 0 Å². The molecule has 0 radical (unpaired) electrons. The van der Waals surface area contributed by atoms with Crippen LogP contribution < -0.4 is 5.73 Å². The molecule has 1 unspecified atom stereocenters. The zero-order valence-corrected chi connectivity index (χ0v) is 9.83. The minimum absolute atomic E-state index is 0.203. The topological polar surface area (TPSA) is 43.8 Å². The van der Waals surface area contributed by atoms with E-state index in [1.165, 1.54) is 4.88 Å². The normalized spacial score (nSPS) is 13.0. The molecule has 0 aliphatic carbocycles. The number of imidazole rings is 1. The van der Waals surface area contributed by atoms with E-state index in [4.69, 9.17) is 5.73 Å². The molecule has 2 heterocycles. The van der Waals surface area contributed by atoms with Crippen molar-refractivity contribution in [2.75, 3.05) is 6.54 Å². The quantitative estimate of drug-likeness (QED) is 0.931. The van der Waals surface area contributed by atoms with Gasteiger partial charge in [0.15, 0.2) is 0 Å². The number of hydrogen-bond acceptors (Lipinski definition) is 3. The van der Waals surface area contributed by atoms with Gasteiger partial charge in [-0.25, -0.2) is 4.98 Å². The highest BCUT2D eigenvalue weighted by molar-refractivity contribution is 9.11. The van der Waals surface area contributed by atoms with Crippen molar-refractivity contribution in [3.63, 3.8) is 0 Å². The molecular weight excluding hydrogens is 262 g/mol. The van der Waals surface area contributed by atoms with E-state index >= 15 is 0 Å². The Morgan fingerprint density at radius 3 is 2.93 bits per heavy atom. The van der Waals surface area contributed by atoms with Crippen LogP contribution in [0.3, 0.4) is 0 Å². The fourth-order valence-corrected chi connectivity index (χ4v) is 2.89. The van der Waals surface area contributed by atoms with Crippen LogP contribution in [0.2, 0.25) is 0 Å². The molecule has 0 saturated carbocycles. The summed E-state index contributed by atoms with van der Waals surface area (Å²) in [5.74, 6) is 0. The van der Waals surface area contributed by atoms with Crippen molar-refractivity contribution in [1.82, 2.24) is 9.55 Å². The van der Waals surface area contributed by atoms with Gasteiger partial charge in [0.1, 0.15) is 0 Å². The maximum absolute atomic E-state index is 5.75. The smallest absolute Gasteiger partial charge is 0.0952 e. The zero-order chi connectivity index (χ0) is 9.97. The third-order valence-electron chi connectivity index (χ3n) is 2.03. The second-order valence-corrected chi connectivity index (χ2v) is 5.40. The van der Waals surface area contributed by atoms with Gasteiger partial charge in [0.2, 0.25) is 0 Å². The van der Waals surface area contributed by atoms with E-state index in [-0.39, 0.29) is 6.04 Å². The Bertz CT molecular complexity index is 396. The van der Waals surface area contributed by atoms with Gasteiger partial charge in [-0.05, 0) is 28.1 Å². The lowest BCUT2D eigenvalue weighted by Crippen LogP contribution is -2.18. The van der Waals surface area contributed by atoms with Crippen molar-refractivity contribution < 1.29 is 0 Å². The molecule has 0 fully saturated rings. The second kappa shape index (κ2) is 4.25. The molecular formula is C9H10BrN3S. The van der Waals surface area contributed by atoms with Gasteiger partial charge in [-0.1, -0.05) is 0 Å². The molecule has 0 spiro atoms. The van der Waals surface area contributed by atoms with Crippen LogP contribution in [0.5, 0.6) is 0 Å². The zero-order valence-electron chi connectivity index (χ0n) is 7.43. The molecule has 2 aromatic heterocycles. The number of nitrogens with two attached hydrogens (primary N) is 1. The van der Waals surface area contributed by atoms with E-state index in [1.54, 1.807) is 23.9 Å². The maximum atomic E-state index is 5.75. The predicted molar refractivity (Wildman–Crippen MR) is 61.4 cm³/mol. The number of aromatic nitrogens is 2. The van der Waals surface area contributed by atoms with Crippen LogP contribution in [0, 0.1) is 0 Å². The molecule has 3 nitrogen and oxygen atoms in total. The van der Waals surface area contributed by atoms with Gasteiger partial charge < -0.3 is 10.3 Å². The summed E-state index contributed by atoms with van der Waals surface area (Å²) in [6, 6.07) is 4.33. The molecule has 2 aromatic rings. The third kappa shape index (κ3) is 1.89. The van der Waals surface area contributed by atoms with E-state index < -0.39 is 0 Å². The molecule has 0 aliphatic rings. The number of halogens is 1. The summed E-state index contributed by atoms with van der Waals surface area (Å²) in [5.41, 5.74) is 5.75. The molecule has 5 heteroatoms. The Labute approximate surface area is 94.7 Å². The Balaban J connectivity index is 2.31. The number of thiophene rings is 1. The van der Waals surface area contributed by atoms with Gasteiger partial charge in [0.25, 0.3) is 0 Å². The molecule has 2 N–H and O–H groups in total. The molecule has 0 bridgehead atoms. The molecule has 1 atom stereocenters. The molecule has 74 valence electrons. The molecule has 2 rings (SSSR count). The van der Waals surface area contributed by atoms with Crippen LogP contribution >= 0.6 is 27.3 Å². The van der Waals surface area contributed by atoms with Gasteiger partial charge in [-0.15, -0.1) is 11.3 Å². The average Bonchev–Trinajstić information content (AvgIpc) is 2.79. The highest BCUT2D eigenvalue weighted by atomic mass is 79.9. The summed E-state index contributed by atoms with van der Waals surface area (Å²) in [7, 11) is 0. The van der Waals surface area contributed by atoms with Gasteiger partial charge in [-0.3, -0.25) is 0 Å². The second-order valence-electron chi connectivity index (χ2n) is 2.90. The standard InChI is InChI=1S/C9H10BrN3S/c10-9-2-1-8(14-9)7(5-11)13-4-3-12-6-13/h1-4,6-7H,5,11H2. The summed E-state index contributed by atoms with van der Waals surface area (Å²) < 4.78 is 3.16. The predicted octanol–water partition coefficient (Wildman–Crippen LogP) is 2.26. The Hall–Kier alpha value is -0.650. The van der Waals surface area contributed by atoms with E-state index in [0.717, 1.165) is 3.79 Å². The summed E-state index contributed by atoms with van der Waals surface area (Å²) in [6.07, 6.45) is 5.50. The van der Waals surface area contributed by atoms with Crippen molar-refractivity contribution in [3.05, 3.63) is 39.5 Å². The van der Waals surface area contributed by atoms with Gasteiger partial charge in [0, 0.05) is 23.8 Å². The first-order valence-electron chi connectivity index (χ1n) is 4.24. The SMILES string of the molecule is NCC(c1ccc(Br)s1)n1ccnc1. The van der Waals surface area contributed by atoms with E-state index in [0.29, 0.717) is 6.54 Å². The summed E-state index contributed by atoms with van der Waals surface area (Å²) >= 11 is 5.15. The van der Waals surface area contributed by atoms with Crippen LogP contribution in [0.1, 0.15) is 10.9 Å². The van der Waals surface area contributed by atoms with E-state index in [2.05, 4.69) is 27.0 Å². The lowest BCUT2D eigenvalue weighted by molar-refractivity contribution is 0.604. The van der Waals surface area contributed by atoms with Gasteiger partial charge in [0.05, 0.1) is 16.2 Å². The fraction of sp³-hybridized carbons (Fsp3) is 0.222. The number of hydrogen-bond donors (Lipinski definition) is 1. The molecule has 14 heavy (non-hydrogen) atoms. The third-order valence-corrected chi connectivity index (χ3v) is 3.76. The van der Waals surface area contributed by atoms with E-state index in [1.807, 2.05) is 16.8 Å². The number of nitrogens with zero attached hydrogens (tertiary/aromatic N) is 2. The molecule has 0 amide bonds. The van der Waals surface area contributed by atoms with Crippen LogP contribution in [0.15, 0.2) is 34.6 Å². The summed E-state index contributed by atoms with van der Waals surface area (Å²) in [6.45, 7) is 0.587. The Morgan fingerprint density at radius 2 is 2.43 bits per heavy atom. The lowest BCUT2D eigenvalue weighted by atomic mass is 10.2.